The molecule has 0 unspecified atom stereocenters. The summed E-state index contributed by atoms with van der Waals surface area (Å²) in [5.41, 5.74) is 1.34. The van der Waals surface area contributed by atoms with Crippen LogP contribution in [0.4, 0.5) is 9.52 Å². The highest BCUT2D eigenvalue weighted by molar-refractivity contribution is 7.22. The molecule has 0 bridgehead atoms. The maximum atomic E-state index is 13.4. The van der Waals surface area contributed by atoms with Gasteiger partial charge < -0.3 is 15.0 Å². The van der Waals surface area contributed by atoms with Crippen molar-refractivity contribution >= 4 is 32.6 Å². The predicted molar refractivity (Wildman–Crippen MR) is 110 cm³/mol. The SMILES string of the molecule is COc1ccccc1C(=O)N(C)[C@@H]1CCC[C@H]1Nc1nc2ccc(F)cc2s1. The van der Waals surface area contributed by atoms with Crippen molar-refractivity contribution in [3.8, 4) is 5.75 Å². The number of amides is 1. The van der Waals surface area contributed by atoms with E-state index in [0.29, 0.717) is 11.3 Å². The highest BCUT2D eigenvalue weighted by Gasteiger charge is 2.34. The Morgan fingerprint density at radius 3 is 2.93 bits per heavy atom. The zero-order valence-electron chi connectivity index (χ0n) is 15.8. The Kier molecular flexibility index (Phi) is 5.17. The largest absolute Gasteiger partial charge is 0.496 e. The van der Waals surface area contributed by atoms with Crippen molar-refractivity contribution in [2.24, 2.45) is 0 Å². The Bertz CT molecular complexity index is 1010. The number of ether oxygens (including phenoxy) is 1. The molecule has 4 rings (SSSR count). The van der Waals surface area contributed by atoms with Gasteiger partial charge in [0.25, 0.3) is 5.91 Å². The summed E-state index contributed by atoms with van der Waals surface area (Å²) in [5, 5.41) is 4.24. The van der Waals surface area contributed by atoms with Gasteiger partial charge in [-0.3, -0.25) is 4.79 Å². The lowest BCUT2D eigenvalue weighted by molar-refractivity contribution is 0.0724. The van der Waals surface area contributed by atoms with Gasteiger partial charge in [-0.15, -0.1) is 0 Å². The molecule has 1 N–H and O–H groups in total. The van der Waals surface area contributed by atoms with Crippen LogP contribution >= 0.6 is 11.3 Å². The number of anilines is 1. The molecule has 1 aliphatic carbocycles. The van der Waals surface area contributed by atoms with Gasteiger partial charge in [0.15, 0.2) is 5.13 Å². The summed E-state index contributed by atoms with van der Waals surface area (Å²) in [6.45, 7) is 0. The van der Waals surface area contributed by atoms with Crippen LogP contribution in [0.2, 0.25) is 0 Å². The van der Waals surface area contributed by atoms with Crippen LogP contribution in [0.15, 0.2) is 42.5 Å². The van der Waals surface area contributed by atoms with Crippen molar-refractivity contribution in [1.82, 2.24) is 9.88 Å². The summed E-state index contributed by atoms with van der Waals surface area (Å²) < 4.78 is 19.6. The number of para-hydroxylation sites is 1. The molecule has 1 aliphatic rings. The van der Waals surface area contributed by atoms with Gasteiger partial charge in [-0.2, -0.15) is 0 Å². The molecule has 5 nitrogen and oxygen atoms in total. The smallest absolute Gasteiger partial charge is 0.257 e. The lowest BCUT2D eigenvalue weighted by Crippen LogP contribution is -2.44. The number of aromatic nitrogens is 1. The summed E-state index contributed by atoms with van der Waals surface area (Å²) in [5.74, 6) is 0.265. The molecular formula is C21H22FN3O2S. The molecule has 0 saturated heterocycles. The highest BCUT2D eigenvalue weighted by atomic mass is 32.1. The van der Waals surface area contributed by atoms with Gasteiger partial charge in [-0.05, 0) is 49.6 Å². The van der Waals surface area contributed by atoms with Crippen LogP contribution in [0.1, 0.15) is 29.6 Å². The molecule has 146 valence electrons. The number of hydrogen-bond acceptors (Lipinski definition) is 5. The summed E-state index contributed by atoms with van der Waals surface area (Å²) in [4.78, 5) is 19.4. The lowest BCUT2D eigenvalue weighted by Gasteiger charge is -2.30. The third kappa shape index (κ3) is 3.54. The van der Waals surface area contributed by atoms with Crippen molar-refractivity contribution in [3.05, 3.63) is 53.8 Å². The fraction of sp³-hybridized carbons (Fsp3) is 0.333. The number of nitrogens with zero attached hydrogens (tertiary/aromatic N) is 2. The number of benzene rings is 2. The number of likely N-dealkylation sites (N-methyl/N-ethyl adjacent to an activating group) is 1. The van der Waals surface area contributed by atoms with Crippen molar-refractivity contribution in [1.29, 1.82) is 0 Å². The second-order valence-electron chi connectivity index (χ2n) is 7.00. The number of halogens is 1. The van der Waals surface area contributed by atoms with E-state index in [0.717, 1.165) is 34.6 Å². The van der Waals surface area contributed by atoms with Gasteiger partial charge in [-0.25, -0.2) is 9.37 Å². The summed E-state index contributed by atoms with van der Waals surface area (Å²) >= 11 is 1.44. The third-order valence-electron chi connectivity index (χ3n) is 5.29. The number of methoxy groups -OCH3 is 1. The molecule has 1 heterocycles. The van der Waals surface area contributed by atoms with E-state index in [1.54, 1.807) is 30.2 Å². The van der Waals surface area contributed by atoms with Gasteiger partial charge in [-0.1, -0.05) is 23.5 Å². The third-order valence-corrected chi connectivity index (χ3v) is 6.24. The Morgan fingerprint density at radius 1 is 1.29 bits per heavy atom. The number of carbonyl (C=O) groups excluding carboxylic acids is 1. The number of thiazole rings is 1. The average molecular weight is 399 g/mol. The van der Waals surface area contributed by atoms with Gasteiger partial charge in [0.1, 0.15) is 11.6 Å². The minimum Gasteiger partial charge on any atom is -0.496 e. The van der Waals surface area contributed by atoms with E-state index >= 15 is 0 Å². The Labute approximate surface area is 167 Å². The molecule has 0 spiro atoms. The molecule has 1 fully saturated rings. The molecular weight excluding hydrogens is 377 g/mol. The molecule has 0 radical (unpaired) electrons. The van der Waals surface area contributed by atoms with Crippen molar-refractivity contribution in [2.75, 3.05) is 19.5 Å². The van der Waals surface area contributed by atoms with Crippen LogP contribution in [0.3, 0.4) is 0 Å². The van der Waals surface area contributed by atoms with Gasteiger partial charge in [0.05, 0.1) is 28.9 Å². The van der Waals surface area contributed by atoms with Gasteiger partial charge in [0, 0.05) is 13.1 Å². The van der Waals surface area contributed by atoms with E-state index in [9.17, 15) is 9.18 Å². The van der Waals surface area contributed by atoms with Crippen molar-refractivity contribution in [3.63, 3.8) is 0 Å². The topological polar surface area (TPSA) is 54.5 Å². The molecule has 3 aromatic rings. The second-order valence-corrected chi connectivity index (χ2v) is 8.03. The fourth-order valence-electron chi connectivity index (χ4n) is 3.85. The van der Waals surface area contributed by atoms with Crippen LogP contribution in [-0.4, -0.2) is 42.0 Å². The molecule has 0 aliphatic heterocycles. The highest BCUT2D eigenvalue weighted by Crippen LogP contribution is 2.32. The van der Waals surface area contributed by atoms with E-state index < -0.39 is 0 Å². The first kappa shape index (κ1) is 18.7. The zero-order valence-corrected chi connectivity index (χ0v) is 16.6. The second kappa shape index (κ2) is 7.75. The Balaban J connectivity index is 1.53. The molecule has 1 aromatic heterocycles. The average Bonchev–Trinajstić information content (AvgIpc) is 3.33. The van der Waals surface area contributed by atoms with E-state index in [1.165, 1.54) is 23.5 Å². The number of carbonyl (C=O) groups is 1. The molecule has 2 atom stereocenters. The van der Waals surface area contributed by atoms with Gasteiger partial charge >= 0.3 is 0 Å². The normalized spacial score (nSPS) is 19.0. The number of rotatable bonds is 5. The fourth-order valence-corrected chi connectivity index (χ4v) is 4.81. The van der Waals surface area contributed by atoms with E-state index in [2.05, 4.69) is 10.3 Å². The summed E-state index contributed by atoms with van der Waals surface area (Å²) in [6, 6.07) is 12.1. The maximum Gasteiger partial charge on any atom is 0.257 e. The van der Waals surface area contributed by atoms with Gasteiger partial charge in [0.2, 0.25) is 0 Å². The molecule has 2 aromatic carbocycles. The number of nitrogens with one attached hydrogen (secondary N) is 1. The summed E-state index contributed by atoms with van der Waals surface area (Å²) in [6.07, 6.45) is 2.92. The Hall–Kier alpha value is -2.67. The first-order chi connectivity index (χ1) is 13.6. The van der Waals surface area contributed by atoms with E-state index in [1.807, 2.05) is 19.2 Å². The molecule has 1 amide bonds. The maximum absolute atomic E-state index is 13.4. The first-order valence-electron chi connectivity index (χ1n) is 9.29. The standard InChI is InChI=1S/C21H22FN3O2S/c1-25(20(26)14-6-3-4-9-18(14)27-2)17-8-5-7-15(17)23-21-24-16-11-10-13(22)12-19(16)28-21/h3-4,6,9-12,15,17H,5,7-8H2,1-2H3,(H,23,24)/t15-,17-/m1/s1. The number of fused-ring (bicyclic) bond motifs is 1. The van der Waals surface area contributed by atoms with E-state index in [4.69, 9.17) is 4.74 Å². The van der Waals surface area contributed by atoms with Crippen LogP contribution in [-0.2, 0) is 0 Å². The van der Waals surface area contributed by atoms with Crippen molar-refractivity contribution in [2.45, 2.75) is 31.3 Å². The summed E-state index contributed by atoms with van der Waals surface area (Å²) in [7, 11) is 3.41. The van der Waals surface area contributed by atoms with Crippen LogP contribution in [0.5, 0.6) is 5.75 Å². The minimum absolute atomic E-state index is 0.0532. The molecule has 1 saturated carbocycles. The number of hydrogen-bond donors (Lipinski definition) is 1. The van der Waals surface area contributed by atoms with Crippen LogP contribution in [0.25, 0.3) is 10.2 Å². The zero-order chi connectivity index (χ0) is 19.7. The first-order valence-corrected chi connectivity index (χ1v) is 10.1. The van der Waals surface area contributed by atoms with Crippen LogP contribution < -0.4 is 10.1 Å². The minimum atomic E-state index is -0.261. The Morgan fingerprint density at radius 2 is 2.11 bits per heavy atom. The molecule has 7 heteroatoms. The monoisotopic (exact) mass is 399 g/mol. The quantitative estimate of drug-likeness (QED) is 0.684. The molecule has 28 heavy (non-hydrogen) atoms. The van der Waals surface area contributed by atoms with Crippen molar-refractivity contribution < 1.29 is 13.9 Å². The lowest BCUT2D eigenvalue weighted by atomic mass is 10.1. The van der Waals surface area contributed by atoms with Crippen LogP contribution in [0, 0.1) is 5.82 Å². The van der Waals surface area contributed by atoms with E-state index in [-0.39, 0.29) is 23.8 Å². The predicted octanol–water partition coefficient (Wildman–Crippen LogP) is 4.55.